The highest BCUT2D eigenvalue weighted by Crippen LogP contribution is 2.15. The first kappa shape index (κ1) is 12.0. The second-order valence-corrected chi connectivity index (χ2v) is 5.25. The van der Waals surface area contributed by atoms with Crippen LogP contribution in [0.4, 0.5) is 0 Å². The number of rotatable bonds is 2. The van der Waals surface area contributed by atoms with E-state index in [9.17, 15) is 0 Å². The Labute approximate surface area is 105 Å². The molecule has 0 spiro atoms. The van der Waals surface area contributed by atoms with Crippen LogP contribution in [0.1, 0.15) is 19.4 Å². The van der Waals surface area contributed by atoms with Crippen LogP contribution in [0.5, 0.6) is 0 Å². The summed E-state index contributed by atoms with van der Waals surface area (Å²) < 4.78 is 6.62. The van der Waals surface area contributed by atoms with Crippen molar-refractivity contribution in [2.75, 3.05) is 13.1 Å². The van der Waals surface area contributed by atoms with E-state index in [2.05, 4.69) is 51.8 Å². The van der Waals surface area contributed by atoms with E-state index in [1.54, 1.807) is 0 Å². The first-order valence-corrected chi connectivity index (χ1v) is 6.41. The monoisotopic (exact) mass is 284 g/mol. The number of halogens is 1. The predicted octanol–water partition coefficient (Wildman–Crippen LogP) is 2.45. The molecule has 0 N–H and O–H groups in total. The van der Waals surface area contributed by atoms with Gasteiger partial charge in [-0.3, -0.25) is 4.90 Å². The van der Waals surface area contributed by atoms with Crippen molar-refractivity contribution in [2.24, 2.45) is 0 Å². The molecule has 1 fully saturated rings. The number of hydrogen-bond acceptors (Lipinski definition) is 3. The molecule has 0 aliphatic carbocycles. The Hall–Kier alpha value is -0.450. The summed E-state index contributed by atoms with van der Waals surface area (Å²) in [4.78, 5) is 6.57. The highest BCUT2D eigenvalue weighted by Gasteiger charge is 2.21. The Kier molecular flexibility index (Phi) is 3.95. The van der Waals surface area contributed by atoms with Gasteiger partial charge in [0.05, 0.1) is 12.2 Å². The summed E-state index contributed by atoms with van der Waals surface area (Å²) in [7, 11) is 0. The smallest absolute Gasteiger partial charge is 0.106 e. The molecular formula is C12H17BrN2O. The van der Waals surface area contributed by atoms with Crippen LogP contribution < -0.4 is 0 Å². The molecule has 0 bridgehead atoms. The van der Waals surface area contributed by atoms with Crippen LogP contribution in [0.25, 0.3) is 0 Å². The SMILES string of the molecule is CC1CN(Cc2ccnc(Br)c2)CC(C)O1. The third-order valence-electron chi connectivity index (χ3n) is 2.69. The van der Waals surface area contributed by atoms with Crippen LogP contribution in [0.3, 0.4) is 0 Å². The number of pyridine rings is 1. The first-order valence-electron chi connectivity index (χ1n) is 5.61. The Balaban J connectivity index is 1.98. The molecule has 1 aliphatic heterocycles. The molecule has 1 aliphatic rings. The Morgan fingerprint density at radius 2 is 2.12 bits per heavy atom. The van der Waals surface area contributed by atoms with Gasteiger partial charge in [-0.25, -0.2) is 4.98 Å². The quantitative estimate of drug-likeness (QED) is 0.780. The maximum Gasteiger partial charge on any atom is 0.106 e. The summed E-state index contributed by atoms with van der Waals surface area (Å²) in [5.41, 5.74) is 1.29. The lowest BCUT2D eigenvalue weighted by Gasteiger charge is -2.35. The first-order chi connectivity index (χ1) is 7.63. The van der Waals surface area contributed by atoms with Crippen molar-refractivity contribution in [1.29, 1.82) is 0 Å². The molecular weight excluding hydrogens is 268 g/mol. The van der Waals surface area contributed by atoms with E-state index in [4.69, 9.17) is 4.74 Å². The topological polar surface area (TPSA) is 25.4 Å². The molecule has 4 heteroatoms. The van der Waals surface area contributed by atoms with Gasteiger partial charge in [0, 0.05) is 25.8 Å². The van der Waals surface area contributed by atoms with E-state index < -0.39 is 0 Å². The van der Waals surface area contributed by atoms with Crippen molar-refractivity contribution in [3.63, 3.8) is 0 Å². The van der Waals surface area contributed by atoms with Gasteiger partial charge in [-0.05, 0) is 47.5 Å². The Morgan fingerprint density at radius 3 is 2.75 bits per heavy atom. The van der Waals surface area contributed by atoms with E-state index >= 15 is 0 Å². The van der Waals surface area contributed by atoms with Gasteiger partial charge in [0.15, 0.2) is 0 Å². The second kappa shape index (κ2) is 5.25. The predicted molar refractivity (Wildman–Crippen MR) is 67.2 cm³/mol. The number of hydrogen-bond donors (Lipinski definition) is 0. The molecule has 1 aromatic heterocycles. The molecule has 3 nitrogen and oxygen atoms in total. The van der Waals surface area contributed by atoms with Crippen LogP contribution in [0, 0.1) is 0 Å². The fourth-order valence-electron chi connectivity index (χ4n) is 2.21. The summed E-state index contributed by atoms with van der Waals surface area (Å²) in [5.74, 6) is 0. The van der Waals surface area contributed by atoms with Crippen molar-refractivity contribution < 1.29 is 4.74 Å². The maximum absolute atomic E-state index is 5.71. The summed E-state index contributed by atoms with van der Waals surface area (Å²) in [6, 6.07) is 4.14. The Morgan fingerprint density at radius 1 is 1.44 bits per heavy atom. The molecule has 1 aromatic rings. The highest BCUT2D eigenvalue weighted by molar-refractivity contribution is 9.10. The Bertz CT molecular complexity index is 349. The molecule has 2 unspecified atom stereocenters. The van der Waals surface area contributed by atoms with Crippen LogP contribution in [-0.4, -0.2) is 35.2 Å². The molecule has 1 saturated heterocycles. The normalized spacial score (nSPS) is 26.9. The number of morpholine rings is 1. The molecule has 88 valence electrons. The van der Waals surface area contributed by atoms with Gasteiger partial charge in [0.1, 0.15) is 4.60 Å². The van der Waals surface area contributed by atoms with Gasteiger partial charge >= 0.3 is 0 Å². The van der Waals surface area contributed by atoms with Crippen molar-refractivity contribution in [3.05, 3.63) is 28.5 Å². The number of nitrogens with zero attached hydrogens (tertiary/aromatic N) is 2. The largest absolute Gasteiger partial charge is 0.373 e. The van der Waals surface area contributed by atoms with Crippen molar-refractivity contribution in [1.82, 2.24) is 9.88 Å². The second-order valence-electron chi connectivity index (χ2n) is 4.44. The van der Waals surface area contributed by atoms with E-state index in [0.717, 1.165) is 24.2 Å². The van der Waals surface area contributed by atoms with Crippen LogP contribution in [0.2, 0.25) is 0 Å². The summed E-state index contributed by atoms with van der Waals surface area (Å²) in [5, 5.41) is 0. The van der Waals surface area contributed by atoms with Gasteiger partial charge in [-0.1, -0.05) is 0 Å². The van der Waals surface area contributed by atoms with Crippen LogP contribution in [-0.2, 0) is 11.3 Å². The fraction of sp³-hybridized carbons (Fsp3) is 0.583. The van der Waals surface area contributed by atoms with Crippen LogP contribution in [0.15, 0.2) is 22.9 Å². The minimum absolute atomic E-state index is 0.328. The molecule has 0 radical (unpaired) electrons. The van der Waals surface area contributed by atoms with Crippen molar-refractivity contribution >= 4 is 15.9 Å². The summed E-state index contributed by atoms with van der Waals surface area (Å²) in [6.45, 7) is 7.24. The standard InChI is InChI=1S/C12H17BrN2O/c1-9-6-15(7-10(2)16-9)8-11-3-4-14-12(13)5-11/h3-5,9-10H,6-8H2,1-2H3. The third-order valence-corrected chi connectivity index (χ3v) is 3.13. The maximum atomic E-state index is 5.71. The van der Waals surface area contributed by atoms with E-state index in [1.807, 2.05) is 6.20 Å². The molecule has 0 aromatic carbocycles. The fourth-order valence-corrected chi connectivity index (χ4v) is 2.62. The third kappa shape index (κ3) is 3.27. The van der Waals surface area contributed by atoms with Gasteiger partial charge in [-0.2, -0.15) is 0 Å². The average molecular weight is 285 g/mol. The molecule has 2 heterocycles. The van der Waals surface area contributed by atoms with Gasteiger partial charge < -0.3 is 4.74 Å². The van der Waals surface area contributed by atoms with Gasteiger partial charge in [0.2, 0.25) is 0 Å². The van der Waals surface area contributed by atoms with E-state index in [-0.39, 0.29) is 0 Å². The summed E-state index contributed by atoms with van der Waals surface area (Å²) in [6.07, 6.45) is 2.50. The number of ether oxygens (including phenoxy) is 1. The minimum atomic E-state index is 0.328. The zero-order chi connectivity index (χ0) is 11.5. The van der Waals surface area contributed by atoms with Gasteiger partial charge in [-0.15, -0.1) is 0 Å². The zero-order valence-electron chi connectivity index (χ0n) is 9.69. The lowest BCUT2D eigenvalue weighted by Crippen LogP contribution is -2.44. The highest BCUT2D eigenvalue weighted by atomic mass is 79.9. The average Bonchev–Trinajstić information content (AvgIpc) is 2.15. The van der Waals surface area contributed by atoms with Gasteiger partial charge in [0.25, 0.3) is 0 Å². The van der Waals surface area contributed by atoms with Crippen LogP contribution >= 0.6 is 15.9 Å². The molecule has 0 amide bonds. The molecule has 2 rings (SSSR count). The van der Waals surface area contributed by atoms with Crippen molar-refractivity contribution in [2.45, 2.75) is 32.6 Å². The lowest BCUT2D eigenvalue weighted by atomic mass is 10.2. The molecule has 16 heavy (non-hydrogen) atoms. The van der Waals surface area contributed by atoms with Crippen molar-refractivity contribution in [3.8, 4) is 0 Å². The molecule has 0 saturated carbocycles. The minimum Gasteiger partial charge on any atom is -0.373 e. The molecule has 2 atom stereocenters. The lowest BCUT2D eigenvalue weighted by molar-refractivity contribution is -0.0704. The zero-order valence-corrected chi connectivity index (χ0v) is 11.3. The van der Waals surface area contributed by atoms with E-state index in [1.165, 1.54) is 5.56 Å². The summed E-state index contributed by atoms with van der Waals surface area (Å²) >= 11 is 3.40. The van der Waals surface area contributed by atoms with E-state index in [0.29, 0.717) is 12.2 Å². The number of aromatic nitrogens is 1.